The first-order valence-electron chi connectivity index (χ1n) is 5.10. The third kappa shape index (κ3) is 4.10. The van der Waals surface area contributed by atoms with Crippen LogP contribution in [0.3, 0.4) is 0 Å². The van der Waals surface area contributed by atoms with Crippen molar-refractivity contribution in [2.75, 3.05) is 6.61 Å². The minimum Gasteiger partial charge on any atom is -0.494 e. The molecule has 0 bridgehead atoms. The topological polar surface area (TPSA) is 35.2 Å². The Labute approximate surface area is 110 Å². The van der Waals surface area contributed by atoms with Crippen LogP contribution in [-0.2, 0) is 0 Å². The number of nitrogens with two attached hydrogens (primary N) is 1. The molecule has 0 saturated heterocycles. The van der Waals surface area contributed by atoms with Crippen LogP contribution < -0.4 is 10.5 Å². The minimum absolute atomic E-state index is 0.151. The maximum atomic E-state index is 5.64. The largest absolute Gasteiger partial charge is 0.494 e. The van der Waals surface area contributed by atoms with Crippen LogP contribution in [-0.4, -0.2) is 11.6 Å². The number of benzene rings is 1. The molecule has 0 atom stereocenters. The van der Waals surface area contributed by atoms with E-state index in [4.69, 9.17) is 22.7 Å². The standard InChI is InChI=1S/C12H16BrNOS/c1-12(2,11(14)16)6-7-15-10-5-3-4-9(13)8-10/h3-5,8H,6-7H2,1-2H3,(H2,14,16). The number of ether oxygens (including phenoxy) is 1. The van der Waals surface area contributed by atoms with Gasteiger partial charge in [-0.3, -0.25) is 0 Å². The molecule has 0 fully saturated rings. The molecule has 1 aromatic rings. The van der Waals surface area contributed by atoms with Crippen molar-refractivity contribution < 1.29 is 4.74 Å². The SMILES string of the molecule is CC(C)(CCOc1cccc(Br)c1)C(N)=S. The molecule has 2 nitrogen and oxygen atoms in total. The van der Waals surface area contributed by atoms with E-state index in [1.54, 1.807) is 0 Å². The molecule has 0 amide bonds. The van der Waals surface area contributed by atoms with E-state index in [-0.39, 0.29) is 5.41 Å². The van der Waals surface area contributed by atoms with Crippen LogP contribution in [0.1, 0.15) is 20.3 Å². The zero-order valence-electron chi connectivity index (χ0n) is 9.50. The fraction of sp³-hybridized carbons (Fsp3) is 0.417. The normalized spacial score (nSPS) is 11.2. The Kier molecular flexibility index (Phi) is 4.74. The van der Waals surface area contributed by atoms with Gasteiger partial charge in [0.05, 0.1) is 11.6 Å². The van der Waals surface area contributed by atoms with E-state index in [0.717, 1.165) is 16.6 Å². The van der Waals surface area contributed by atoms with Crippen molar-refractivity contribution in [2.45, 2.75) is 20.3 Å². The first kappa shape index (κ1) is 13.5. The highest BCUT2D eigenvalue weighted by Crippen LogP contribution is 2.22. The second kappa shape index (κ2) is 5.64. The van der Waals surface area contributed by atoms with Crippen molar-refractivity contribution >= 4 is 33.1 Å². The van der Waals surface area contributed by atoms with Crippen LogP contribution in [0.25, 0.3) is 0 Å². The Bertz CT molecular complexity index is 379. The second-order valence-corrected chi connectivity index (χ2v) is 5.66. The summed E-state index contributed by atoms with van der Waals surface area (Å²) < 4.78 is 6.64. The highest BCUT2D eigenvalue weighted by Gasteiger charge is 2.21. The van der Waals surface area contributed by atoms with E-state index >= 15 is 0 Å². The van der Waals surface area contributed by atoms with Gasteiger partial charge in [0, 0.05) is 9.89 Å². The van der Waals surface area contributed by atoms with Gasteiger partial charge in [-0.1, -0.05) is 48.1 Å². The van der Waals surface area contributed by atoms with E-state index in [0.29, 0.717) is 11.6 Å². The van der Waals surface area contributed by atoms with Crippen LogP contribution in [0.15, 0.2) is 28.7 Å². The monoisotopic (exact) mass is 301 g/mol. The van der Waals surface area contributed by atoms with Crippen LogP contribution in [0, 0.1) is 5.41 Å². The molecule has 0 spiro atoms. The molecule has 4 heteroatoms. The average molecular weight is 302 g/mol. The van der Waals surface area contributed by atoms with Crippen LogP contribution >= 0.6 is 28.1 Å². The highest BCUT2D eigenvalue weighted by molar-refractivity contribution is 9.10. The zero-order valence-corrected chi connectivity index (χ0v) is 11.9. The molecule has 0 aliphatic carbocycles. The summed E-state index contributed by atoms with van der Waals surface area (Å²) >= 11 is 8.39. The summed E-state index contributed by atoms with van der Waals surface area (Å²) in [7, 11) is 0. The third-order valence-corrected chi connectivity index (χ3v) is 3.50. The number of hydrogen-bond donors (Lipinski definition) is 1. The Morgan fingerprint density at radius 3 is 2.75 bits per heavy atom. The first-order valence-corrected chi connectivity index (χ1v) is 6.30. The van der Waals surface area contributed by atoms with Gasteiger partial charge in [0.1, 0.15) is 5.75 Å². The number of hydrogen-bond acceptors (Lipinski definition) is 2. The van der Waals surface area contributed by atoms with Crippen molar-refractivity contribution in [2.24, 2.45) is 11.1 Å². The van der Waals surface area contributed by atoms with E-state index in [9.17, 15) is 0 Å². The maximum Gasteiger partial charge on any atom is 0.120 e. The molecule has 1 rings (SSSR count). The molecule has 0 aliphatic rings. The van der Waals surface area contributed by atoms with Gasteiger partial charge in [0.15, 0.2) is 0 Å². The lowest BCUT2D eigenvalue weighted by Gasteiger charge is -2.22. The quantitative estimate of drug-likeness (QED) is 0.845. The van der Waals surface area contributed by atoms with Gasteiger partial charge in [-0.2, -0.15) is 0 Å². The summed E-state index contributed by atoms with van der Waals surface area (Å²) in [6.07, 6.45) is 0.814. The molecule has 0 saturated carbocycles. The number of halogens is 1. The van der Waals surface area contributed by atoms with Crippen LogP contribution in [0.5, 0.6) is 5.75 Å². The highest BCUT2D eigenvalue weighted by atomic mass is 79.9. The summed E-state index contributed by atoms with van der Waals surface area (Å²) in [5, 5.41) is 0. The molecule has 2 N–H and O–H groups in total. The summed E-state index contributed by atoms with van der Waals surface area (Å²) in [4.78, 5) is 0.533. The summed E-state index contributed by atoms with van der Waals surface area (Å²) in [6, 6.07) is 7.77. The lowest BCUT2D eigenvalue weighted by Crippen LogP contribution is -2.31. The number of rotatable bonds is 5. The van der Waals surface area contributed by atoms with Gasteiger partial charge in [-0.15, -0.1) is 0 Å². The minimum atomic E-state index is -0.151. The summed E-state index contributed by atoms with van der Waals surface area (Å²) in [5.74, 6) is 0.855. The van der Waals surface area contributed by atoms with Gasteiger partial charge in [0.2, 0.25) is 0 Å². The van der Waals surface area contributed by atoms with Crippen molar-refractivity contribution in [3.8, 4) is 5.75 Å². The van der Waals surface area contributed by atoms with Gasteiger partial charge in [0.25, 0.3) is 0 Å². The number of thiocarbonyl (C=S) groups is 1. The molecular weight excluding hydrogens is 286 g/mol. The van der Waals surface area contributed by atoms with Crippen molar-refractivity contribution in [3.63, 3.8) is 0 Å². The van der Waals surface area contributed by atoms with E-state index in [2.05, 4.69) is 15.9 Å². The van der Waals surface area contributed by atoms with Crippen molar-refractivity contribution in [3.05, 3.63) is 28.7 Å². The third-order valence-electron chi connectivity index (χ3n) is 2.46. The lowest BCUT2D eigenvalue weighted by atomic mass is 9.90. The molecule has 0 aromatic heterocycles. The lowest BCUT2D eigenvalue weighted by molar-refractivity contribution is 0.270. The predicted molar refractivity (Wildman–Crippen MR) is 74.8 cm³/mol. The zero-order chi connectivity index (χ0) is 12.2. The fourth-order valence-electron chi connectivity index (χ4n) is 1.10. The molecule has 0 aliphatic heterocycles. The summed E-state index contributed by atoms with van der Waals surface area (Å²) in [5.41, 5.74) is 5.49. The predicted octanol–water partition coefficient (Wildman–Crippen LogP) is 3.53. The maximum absolute atomic E-state index is 5.64. The van der Waals surface area contributed by atoms with Crippen molar-refractivity contribution in [1.82, 2.24) is 0 Å². The van der Waals surface area contributed by atoms with Crippen LogP contribution in [0.4, 0.5) is 0 Å². The molecule has 0 radical (unpaired) electrons. The second-order valence-electron chi connectivity index (χ2n) is 4.30. The average Bonchev–Trinajstić information content (AvgIpc) is 2.17. The van der Waals surface area contributed by atoms with Gasteiger partial charge in [-0.05, 0) is 24.6 Å². The molecule has 0 unspecified atom stereocenters. The Morgan fingerprint density at radius 2 is 2.19 bits per heavy atom. The summed E-state index contributed by atoms with van der Waals surface area (Å²) in [6.45, 7) is 4.67. The molecule has 16 heavy (non-hydrogen) atoms. The molecule has 88 valence electrons. The first-order chi connectivity index (χ1) is 7.42. The van der Waals surface area contributed by atoms with E-state index in [1.165, 1.54) is 0 Å². The Hall–Kier alpha value is -0.610. The molecule has 1 aromatic carbocycles. The van der Waals surface area contributed by atoms with Crippen LogP contribution in [0.2, 0.25) is 0 Å². The van der Waals surface area contributed by atoms with Gasteiger partial charge < -0.3 is 10.5 Å². The van der Waals surface area contributed by atoms with Gasteiger partial charge >= 0.3 is 0 Å². The Morgan fingerprint density at radius 1 is 1.50 bits per heavy atom. The fourth-order valence-corrected chi connectivity index (χ4v) is 1.58. The van der Waals surface area contributed by atoms with Crippen molar-refractivity contribution in [1.29, 1.82) is 0 Å². The Balaban J connectivity index is 2.45. The van der Waals surface area contributed by atoms with Gasteiger partial charge in [-0.25, -0.2) is 0 Å². The van der Waals surface area contributed by atoms with E-state index in [1.807, 2.05) is 38.1 Å². The molecule has 0 heterocycles. The smallest absolute Gasteiger partial charge is 0.120 e. The molecular formula is C12H16BrNOS. The van der Waals surface area contributed by atoms with E-state index < -0.39 is 0 Å².